The normalized spacial score (nSPS) is 3.60. The van der Waals surface area contributed by atoms with Gasteiger partial charge in [-0.2, -0.15) is 8.42 Å². The Labute approximate surface area is 121 Å². The van der Waals surface area contributed by atoms with Crippen LogP contribution in [0.15, 0.2) is 0 Å². The molecular weight excluding hydrogens is 266 g/mol. The second-order valence-corrected chi connectivity index (χ2v) is 0.428. The van der Waals surface area contributed by atoms with Crippen molar-refractivity contribution >= 4 is 11.6 Å². The fourth-order valence-corrected chi connectivity index (χ4v) is 0. The predicted molar refractivity (Wildman–Crippen MR) is 19.3 cm³/mol. The quantitative estimate of drug-likeness (QED) is 0.246. The largest absolute Gasteiger partial charge is 2.00 e. The summed E-state index contributed by atoms with van der Waals surface area (Å²) in [7, 11) is 0. The molecule has 0 amide bonds. The fraction of sp³-hybridized carbons (Fsp3) is 0. The average Bonchev–Trinajstić information content (AvgIpc) is 1.33. The van der Waals surface area contributed by atoms with Gasteiger partial charge in [0.2, 0.25) is 0 Å². The molecule has 0 atom stereocenters. The topological polar surface area (TPSA) is 100 Å². The van der Waals surface area contributed by atoms with E-state index in [4.69, 9.17) is 23.7 Å². The summed E-state index contributed by atoms with van der Waals surface area (Å²) < 4.78 is 16.6. The molecule has 0 rings (SSSR count). The maximum absolute atomic E-state index is 8.29. The summed E-state index contributed by atoms with van der Waals surface area (Å²) in [5.41, 5.74) is 0. The van der Waals surface area contributed by atoms with Crippen LogP contribution in [0.2, 0.25) is 0 Å². The molecule has 0 saturated carbocycles. The first-order valence-corrected chi connectivity index (χ1v) is 1.55. The zero-order valence-corrected chi connectivity index (χ0v) is 12.6. The van der Waals surface area contributed by atoms with Crippen LogP contribution in [-0.2, 0) is 31.0 Å². The van der Waals surface area contributed by atoms with E-state index in [-0.39, 0.29) is 83.3 Å². The van der Waals surface area contributed by atoms with Crippen LogP contribution < -0.4 is 63.8 Å². The molecule has 0 N–H and O–H groups in total. The molecule has 0 aliphatic rings. The van der Waals surface area contributed by atoms with Gasteiger partial charge in [-0.05, 0) is 0 Å². The molecule has 0 radical (unpaired) electrons. The minimum Gasteiger partial charge on any atom is -1.00 e. The zero-order valence-electron chi connectivity index (χ0n) is 4.98. The summed E-state index contributed by atoms with van der Waals surface area (Å²) in [5.74, 6) is 0. The third-order valence-electron chi connectivity index (χ3n) is 0. The number of hydrogen-bond donors (Lipinski definition) is 0. The van der Waals surface area contributed by atoms with E-state index in [2.05, 4.69) is 0 Å². The van der Waals surface area contributed by atoms with Crippen molar-refractivity contribution in [1.82, 2.24) is 0 Å². The van der Waals surface area contributed by atoms with E-state index < -0.39 is 16.7 Å². The molecule has 10 heteroatoms. The van der Waals surface area contributed by atoms with Crippen LogP contribution in [0.25, 0.3) is 0 Å². The first-order valence-electron chi connectivity index (χ1n) is 0.881. The van der Waals surface area contributed by atoms with Gasteiger partial charge in [-0.3, -0.25) is 0 Å². The maximum atomic E-state index is 8.29. The van der Waals surface area contributed by atoms with Gasteiger partial charge in [0.15, 0.2) is 0 Å². The Balaban J connectivity index is -0.0000000131. The zero-order chi connectivity index (χ0) is 6.28. The van der Waals surface area contributed by atoms with Crippen molar-refractivity contribution in [3.8, 4) is 0 Å². The van der Waals surface area contributed by atoms with E-state index in [1.807, 2.05) is 0 Å². The molecule has 0 aliphatic heterocycles. The van der Waals surface area contributed by atoms with Gasteiger partial charge in [0.25, 0.3) is 0 Å². The molecule has 50 valence electrons. The van der Waals surface area contributed by atoms with E-state index in [0.717, 1.165) is 0 Å². The first-order chi connectivity index (χ1) is 3.15. The SMILES string of the molecule is O=S=O.O=[N+]([O-])[O-].[Cl-].[K+].[Zn+2]. The second kappa shape index (κ2) is 31.2. The molecule has 10 heavy (non-hydrogen) atoms. The number of rotatable bonds is 0. The van der Waals surface area contributed by atoms with E-state index in [9.17, 15) is 0 Å². The van der Waals surface area contributed by atoms with Crippen LogP contribution in [0, 0.1) is 15.3 Å². The molecular formula is ClKNO5SZn+. The molecule has 0 unspecified atom stereocenters. The van der Waals surface area contributed by atoms with Crippen molar-refractivity contribution < 1.29 is 96.8 Å². The van der Waals surface area contributed by atoms with E-state index in [0.29, 0.717) is 0 Å². The van der Waals surface area contributed by atoms with Crippen LogP contribution in [0.1, 0.15) is 0 Å². The van der Waals surface area contributed by atoms with E-state index in [1.54, 1.807) is 0 Å². The summed E-state index contributed by atoms with van der Waals surface area (Å²) in [6, 6.07) is 0. The van der Waals surface area contributed by atoms with Crippen molar-refractivity contribution in [2.75, 3.05) is 0 Å². The maximum Gasteiger partial charge on any atom is 2.00 e. The fourth-order valence-electron chi connectivity index (χ4n) is 0. The standard InChI is InChI=1S/ClH.K.NO3.O2S.Zn/c;;2-1(3)4;1-3-2;/h1H;;;;/q;+1;-1;;+2/p-1. The van der Waals surface area contributed by atoms with Crippen LogP contribution in [-0.4, -0.2) is 13.5 Å². The van der Waals surface area contributed by atoms with Gasteiger partial charge < -0.3 is 27.7 Å². The summed E-state index contributed by atoms with van der Waals surface area (Å²) in [5, 5.41) is 14.8. The summed E-state index contributed by atoms with van der Waals surface area (Å²) in [6.07, 6.45) is 0. The van der Waals surface area contributed by atoms with Gasteiger partial charge in [0, 0.05) is 0 Å². The molecule has 0 heterocycles. The van der Waals surface area contributed by atoms with Gasteiger partial charge in [-0.25, -0.2) is 0 Å². The van der Waals surface area contributed by atoms with Gasteiger partial charge in [-0.1, -0.05) is 0 Å². The van der Waals surface area contributed by atoms with Crippen LogP contribution in [0.4, 0.5) is 0 Å². The van der Waals surface area contributed by atoms with Crippen molar-refractivity contribution in [3.63, 3.8) is 0 Å². The molecule has 0 aliphatic carbocycles. The van der Waals surface area contributed by atoms with Gasteiger partial charge in [-0.15, -0.1) is 0 Å². The van der Waals surface area contributed by atoms with Crippen LogP contribution in [0.3, 0.4) is 0 Å². The molecule has 0 aromatic heterocycles. The summed E-state index contributed by atoms with van der Waals surface area (Å²) in [6.45, 7) is 0. The van der Waals surface area contributed by atoms with Crippen molar-refractivity contribution in [1.29, 1.82) is 0 Å². The molecule has 0 saturated heterocycles. The Morgan fingerprint density at radius 2 is 1.20 bits per heavy atom. The number of nitrogens with zero attached hydrogens (tertiary/aromatic N) is 1. The van der Waals surface area contributed by atoms with Gasteiger partial charge >= 0.3 is 82.4 Å². The minimum atomic E-state index is -1.75. The molecule has 0 spiro atoms. The monoisotopic (exact) mass is 264 g/mol. The summed E-state index contributed by atoms with van der Waals surface area (Å²) in [4.78, 5) is 8.25. The Morgan fingerprint density at radius 1 is 1.20 bits per heavy atom. The second-order valence-electron chi connectivity index (χ2n) is 0.292. The molecule has 0 fully saturated rings. The molecule has 0 bridgehead atoms. The molecule has 0 aromatic carbocycles. The van der Waals surface area contributed by atoms with Crippen LogP contribution in [0.5, 0.6) is 0 Å². The van der Waals surface area contributed by atoms with Crippen molar-refractivity contribution in [2.24, 2.45) is 0 Å². The minimum absolute atomic E-state index is 0. The third kappa shape index (κ3) is 285. The smallest absolute Gasteiger partial charge is 1.00 e. The third-order valence-corrected chi connectivity index (χ3v) is 0. The predicted octanol–water partition coefficient (Wildman–Crippen LogP) is -6.90. The average molecular weight is 266 g/mol. The number of hydrogen-bond acceptors (Lipinski definition) is 5. The van der Waals surface area contributed by atoms with E-state index in [1.165, 1.54) is 0 Å². The van der Waals surface area contributed by atoms with E-state index >= 15 is 0 Å². The molecule has 6 nitrogen and oxygen atoms in total. The van der Waals surface area contributed by atoms with Crippen LogP contribution >= 0.6 is 0 Å². The Morgan fingerprint density at radius 3 is 1.20 bits per heavy atom. The Hall–Kier alpha value is 1.57. The Kier molecular flexibility index (Phi) is 93.4. The molecule has 0 aromatic rings. The number of halogens is 1. The Bertz CT molecular complexity index is 89.6. The van der Waals surface area contributed by atoms with Crippen molar-refractivity contribution in [3.05, 3.63) is 15.3 Å². The van der Waals surface area contributed by atoms with Gasteiger partial charge in [0.1, 0.15) is 0 Å². The summed E-state index contributed by atoms with van der Waals surface area (Å²) >= 11 is -0.750. The van der Waals surface area contributed by atoms with Gasteiger partial charge in [0.05, 0.1) is 5.09 Å². The first kappa shape index (κ1) is 29.9. The van der Waals surface area contributed by atoms with Crippen molar-refractivity contribution in [2.45, 2.75) is 0 Å².